The van der Waals surface area contributed by atoms with Crippen LogP contribution < -0.4 is 9.18 Å². The summed E-state index contributed by atoms with van der Waals surface area (Å²) < 4.78 is 29.6. The number of nitrogens with one attached hydrogen (secondary N) is 1. The van der Waals surface area contributed by atoms with Crippen molar-refractivity contribution in [2.45, 2.75) is 43.4 Å². The van der Waals surface area contributed by atoms with Crippen LogP contribution in [0.4, 0.5) is 0 Å². The van der Waals surface area contributed by atoms with Crippen molar-refractivity contribution < 1.29 is 8.42 Å². The van der Waals surface area contributed by atoms with Crippen LogP contribution in [-0.4, -0.2) is 29.4 Å². The third kappa shape index (κ3) is 5.45. The maximum absolute atomic E-state index is 12.7. The normalized spacial score (nSPS) is 14.3. The molecule has 2 aromatic carbocycles. The first-order valence-electron chi connectivity index (χ1n) is 8.19. The summed E-state index contributed by atoms with van der Waals surface area (Å²) in [6.45, 7) is 6.17. The van der Waals surface area contributed by atoms with E-state index in [1.807, 2.05) is 37.3 Å². The number of aryl methyl sites for hydroxylation is 1. The number of hydrogen-bond acceptors (Lipinski definition) is 2. The summed E-state index contributed by atoms with van der Waals surface area (Å²) in [6, 6.07) is 17.3. The first-order chi connectivity index (χ1) is 11.4. The van der Waals surface area contributed by atoms with Gasteiger partial charge in [-0.2, -0.15) is 0 Å². The molecule has 0 aliphatic heterocycles. The van der Waals surface area contributed by atoms with Crippen molar-refractivity contribution >= 4 is 29.4 Å². The molecule has 0 spiro atoms. The van der Waals surface area contributed by atoms with E-state index in [-0.39, 0.29) is 21.0 Å². The average molecular weight is 410 g/mol. The monoisotopic (exact) mass is 411 g/mol. The first-order valence-corrected chi connectivity index (χ1v) is 11.7. The molecule has 0 aliphatic carbocycles. The summed E-state index contributed by atoms with van der Waals surface area (Å²) in [7, 11) is -3.48. The van der Waals surface area contributed by atoms with Gasteiger partial charge in [-0.3, -0.25) is 0 Å². The standard InChI is InChI=1S/C19H25NO2SSe/c1-4-16(3)19(14-24-18-8-6-5-7-9-18)20-23(21,22)17-12-10-15(2)11-13-17/h5-13,16,19-20H,4,14H2,1-3H3/t16?,19-/m1/s1. The summed E-state index contributed by atoms with van der Waals surface area (Å²) in [5.74, 6) is 0.302. The average Bonchev–Trinajstić information content (AvgIpc) is 2.59. The zero-order valence-corrected chi connectivity index (χ0v) is 16.9. The minimum absolute atomic E-state index is 0.0403. The zero-order chi connectivity index (χ0) is 17.6. The Morgan fingerprint density at radius 1 is 1.04 bits per heavy atom. The molecule has 0 aromatic heterocycles. The van der Waals surface area contributed by atoms with Gasteiger partial charge in [0.1, 0.15) is 0 Å². The summed E-state index contributed by atoms with van der Waals surface area (Å²) >= 11 is 0.255. The Hall–Kier alpha value is -1.13. The van der Waals surface area contributed by atoms with Crippen molar-refractivity contribution in [3.8, 4) is 0 Å². The predicted molar refractivity (Wildman–Crippen MR) is 101 cm³/mol. The van der Waals surface area contributed by atoms with Gasteiger partial charge in [-0.15, -0.1) is 0 Å². The van der Waals surface area contributed by atoms with E-state index < -0.39 is 10.0 Å². The van der Waals surface area contributed by atoms with Gasteiger partial charge in [0, 0.05) is 0 Å². The molecule has 0 heterocycles. The van der Waals surface area contributed by atoms with Crippen LogP contribution in [0.2, 0.25) is 5.32 Å². The Morgan fingerprint density at radius 2 is 1.67 bits per heavy atom. The Bertz CT molecular complexity index is 730. The molecule has 130 valence electrons. The van der Waals surface area contributed by atoms with Crippen LogP contribution in [0, 0.1) is 12.8 Å². The van der Waals surface area contributed by atoms with Crippen molar-refractivity contribution in [3.05, 3.63) is 60.2 Å². The third-order valence-electron chi connectivity index (χ3n) is 4.14. The zero-order valence-electron chi connectivity index (χ0n) is 14.4. The molecule has 24 heavy (non-hydrogen) atoms. The molecule has 5 heteroatoms. The molecule has 2 aromatic rings. The van der Waals surface area contributed by atoms with Crippen LogP contribution in [0.1, 0.15) is 25.8 Å². The summed E-state index contributed by atoms with van der Waals surface area (Å²) in [5, 5.41) is 0.858. The molecule has 0 saturated carbocycles. The molecule has 1 unspecified atom stereocenters. The van der Waals surface area contributed by atoms with Crippen molar-refractivity contribution in [1.82, 2.24) is 4.72 Å². The molecule has 2 atom stereocenters. The SMILES string of the molecule is CCC(C)[C@@H](C[Se]c1ccccc1)NS(=O)(=O)c1ccc(C)cc1. The third-order valence-corrected chi connectivity index (χ3v) is 8.02. The molecule has 2 rings (SSSR count). The summed E-state index contributed by atoms with van der Waals surface area (Å²) in [4.78, 5) is 0.341. The van der Waals surface area contributed by atoms with Crippen molar-refractivity contribution in [2.24, 2.45) is 5.92 Å². The molecule has 1 N–H and O–H groups in total. The van der Waals surface area contributed by atoms with E-state index >= 15 is 0 Å². The second-order valence-electron chi connectivity index (χ2n) is 6.05. The molecular formula is C19H25NO2SSe. The molecule has 0 aliphatic rings. The maximum atomic E-state index is 12.7. The van der Waals surface area contributed by atoms with E-state index in [1.54, 1.807) is 12.1 Å². The first kappa shape index (κ1) is 19.2. The van der Waals surface area contributed by atoms with Crippen LogP contribution in [0.3, 0.4) is 0 Å². The van der Waals surface area contributed by atoms with E-state index in [4.69, 9.17) is 0 Å². The minimum atomic E-state index is -3.48. The Labute approximate surface area is 152 Å². The molecular weight excluding hydrogens is 385 g/mol. The van der Waals surface area contributed by atoms with Gasteiger partial charge in [-0.25, -0.2) is 0 Å². The van der Waals surface area contributed by atoms with E-state index in [2.05, 4.69) is 30.7 Å². The van der Waals surface area contributed by atoms with Gasteiger partial charge in [0.2, 0.25) is 0 Å². The second kappa shape index (κ2) is 8.82. The van der Waals surface area contributed by atoms with Gasteiger partial charge in [0.25, 0.3) is 0 Å². The van der Waals surface area contributed by atoms with E-state index in [0.29, 0.717) is 10.8 Å². The molecule has 0 radical (unpaired) electrons. The van der Waals surface area contributed by atoms with E-state index in [9.17, 15) is 8.42 Å². The Balaban J connectivity index is 2.11. The van der Waals surface area contributed by atoms with Crippen molar-refractivity contribution in [2.75, 3.05) is 0 Å². The second-order valence-corrected chi connectivity index (χ2v) is 10.1. The number of benzene rings is 2. The van der Waals surface area contributed by atoms with Crippen LogP contribution in [0.25, 0.3) is 0 Å². The summed E-state index contributed by atoms with van der Waals surface area (Å²) in [6.07, 6.45) is 0.950. The number of sulfonamides is 1. The number of rotatable bonds is 8. The predicted octanol–water partition coefficient (Wildman–Crippen LogP) is 3.14. The fourth-order valence-electron chi connectivity index (χ4n) is 2.29. The topological polar surface area (TPSA) is 46.2 Å². The van der Waals surface area contributed by atoms with Gasteiger partial charge >= 0.3 is 152 Å². The van der Waals surface area contributed by atoms with Crippen LogP contribution in [-0.2, 0) is 10.0 Å². The molecule has 0 bridgehead atoms. The fourth-order valence-corrected chi connectivity index (χ4v) is 6.25. The molecule has 0 saturated heterocycles. The van der Waals surface area contributed by atoms with Crippen LogP contribution in [0.15, 0.2) is 59.5 Å². The molecule has 3 nitrogen and oxygen atoms in total. The van der Waals surface area contributed by atoms with E-state index in [1.165, 1.54) is 4.46 Å². The van der Waals surface area contributed by atoms with Gasteiger partial charge in [0.15, 0.2) is 0 Å². The van der Waals surface area contributed by atoms with E-state index in [0.717, 1.165) is 17.3 Å². The summed E-state index contributed by atoms with van der Waals surface area (Å²) in [5.41, 5.74) is 1.06. The fraction of sp³-hybridized carbons (Fsp3) is 0.368. The van der Waals surface area contributed by atoms with Gasteiger partial charge in [-0.1, -0.05) is 0 Å². The molecule has 0 amide bonds. The van der Waals surface area contributed by atoms with Gasteiger partial charge in [0.05, 0.1) is 0 Å². The number of hydrogen-bond donors (Lipinski definition) is 1. The quantitative estimate of drug-likeness (QED) is 0.680. The molecule has 0 fully saturated rings. The van der Waals surface area contributed by atoms with Gasteiger partial charge in [-0.05, 0) is 0 Å². The Morgan fingerprint density at radius 3 is 2.25 bits per heavy atom. The Kier molecular flexibility index (Phi) is 7.05. The van der Waals surface area contributed by atoms with Gasteiger partial charge < -0.3 is 0 Å². The van der Waals surface area contributed by atoms with Crippen LogP contribution in [0.5, 0.6) is 0 Å². The van der Waals surface area contributed by atoms with Crippen LogP contribution >= 0.6 is 0 Å². The van der Waals surface area contributed by atoms with Crippen molar-refractivity contribution in [3.63, 3.8) is 0 Å². The van der Waals surface area contributed by atoms with Crippen molar-refractivity contribution in [1.29, 1.82) is 0 Å².